The van der Waals surface area contributed by atoms with Crippen LogP contribution in [-0.2, 0) is 11.2 Å². The standard InChI is InChI=1S/C20H20O6/c1-22-18-10-14(11-19(23-2)20(18)24-3)4-6-15(21)8-13-5-7-16-17(9-13)26-12-25-16/h4-7,9-11H,8,12H2,1-3H3/b6-4+. The van der Waals surface area contributed by atoms with Gasteiger partial charge in [0.1, 0.15) is 0 Å². The van der Waals surface area contributed by atoms with Gasteiger partial charge in [-0.1, -0.05) is 12.1 Å². The van der Waals surface area contributed by atoms with Gasteiger partial charge in [-0.05, 0) is 41.5 Å². The number of benzene rings is 2. The lowest BCUT2D eigenvalue weighted by Crippen LogP contribution is -1.99. The number of allylic oxidation sites excluding steroid dienone is 1. The Hall–Kier alpha value is -3.15. The summed E-state index contributed by atoms with van der Waals surface area (Å²) in [6.07, 6.45) is 3.53. The minimum Gasteiger partial charge on any atom is -0.493 e. The highest BCUT2D eigenvalue weighted by atomic mass is 16.7. The van der Waals surface area contributed by atoms with E-state index in [0.717, 1.165) is 11.1 Å². The number of ether oxygens (including phenoxy) is 5. The Balaban J connectivity index is 1.73. The summed E-state index contributed by atoms with van der Waals surface area (Å²) in [6.45, 7) is 0.216. The summed E-state index contributed by atoms with van der Waals surface area (Å²) in [5.74, 6) is 2.93. The number of carbonyl (C=O) groups excluding carboxylic acids is 1. The maximum Gasteiger partial charge on any atom is 0.231 e. The van der Waals surface area contributed by atoms with Gasteiger partial charge in [-0.3, -0.25) is 4.79 Å². The van der Waals surface area contributed by atoms with E-state index >= 15 is 0 Å². The van der Waals surface area contributed by atoms with Crippen molar-refractivity contribution in [1.29, 1.82) is 0 Å². The average Bonchev–Trinajstić information content (AvgIpc) is 3.13. The summed E-state index contributed by atoms with van der Waals surface area (Å²) in [5, 5.41) is 0. The molecule has 0 spiro atoms. The van der Waals surface area contributed by atoms with Crippen LogP contribution < -0.4 is 23.7 Å². The molecule has 2 aromatic carbocycles. The van der Waals surface area contributed by atoms with Gasteiger partial charge in [0.25, 0.3) is 0 Å². The Bertz CT molecular complexity index is 815. The molecule has 0 amide bonds. The van der Waals surface area contributed by atoms with Gasteiger partial charge in [0.05, 0.1) is 21.3 Å². The molecule has 6 heteroatoms. The smallest absolute Gasteiger partial charge is 0.231 e. The SMILES string of the molecule is COc1cc(/C=C/C(=O)Cc2ccc3c(c2)OCO3)cc(OC)c1OC. The van der Waals surface area contributed by atoms with E-state index in [2.05, 4.69) is 0 Å². The van der Waals surface area contributed by atoms with E-state index in [1.807, 2.05) is 18.2 Å². The van der Waals surface area contributed by atoms with Crippen molar-refractivity contribution in [1.82, 2.24) is 0 Å². The number of rotatable bonds is 7. The summed E-state index contributed by atoms with van der Waals surface area (Å²) in [7, 11) is 4.65. The summed E-state index contributed by atoms with van der Waals surface area (Å²) in [6, 6.07) is 9.07. The van der Waals surface area contributed by atoms with E-state index in [9.17, 15) is 4.79 Å². The third-order valence-corrected chi connectivity index (χ3v) is 3.96. The van der Waals surface area contributed by atoms with E-state index < -0.39 is 0 Å². The van der Waals surface area contributed by atoms with Crippen LogP contribution in [0.25, 0.3) is 6.08 Å². The molecule has 1 aliphatic heterocycles. The minimum atomic E-state index is -0.0300. The lowest BCUT2D eigenvalue weighted by Gasteiger charge is -2.12. The minimum absolute atomic E-state index is 0.0300. The molecule has 1 heterocycles. The van der Waals surface area contributed by atoms with Crippen molar-refractivity contribution in [3.63, 3.8) is 0 Å². The van der Waals surface area contributed by atoms with Crippen LogP contribution in [0, 0.1) is 0 Å². The Morgan fingerprint density at radius 3 is 2.35 bits per heavy atom. The van der Waals surface area contributed by atoms with Crippen molar-refractivity contribution in [2.75, 3.05) is 28.1 Å². The molecule has 0 fully saturated rings. The van der Waals surface area contributed by atoms with Crippen molar-refractivity contribution in [2.24, 2.45) is 0 Å². The van der Waals surface area contributed by atoms with Gasteiger partial charge >= 0.3 is 0 Å². The molecule has 0 N–H and O–H groups in total. The molecular weight excluding hydrogens is 336 g/mol. The third kappa shape index (κ3) is 3.74. The van der Waals surface area contributed by atoms with Gasteiger partial charge in [0.2, 0.25) is 12.5 Å². The number of methoxy groups -OCH3 is 3. The second-order valence-electron chi connectivity index (χ2n) is 5.62. The number of carbonyl (C=O) groups is 1. The molecule has 0 saturated carbocycles. The normalized spacial score (nSPS) is 12.3. The van der Waals surface area contributed by atoms with Crippen LogP contribution in [0.2, 0.25) is 0 Å². The zero-order chi connectivity index (χ0) is 18.5. The van der Waals surface area contributed by atoms with Crippen molar-refractivity contribution in [3.8, 4) is 28.7 Å². The molecular formula is C20H20O6. The lowest BCUT2D eigenvalue weighted by molar-refractivity contribution is -0.113. The monoisotopic (exact) mass is 356 g/mol. The molecule has 0 atom stereocenters. The van der Waals surface area contributed by atoms with Crippen LogP contribution in [0.3, 0.4) is 0 Å². The van der Waals surface area contributed by atoms with Crippen molar-refractivity contribution in [2.45, 2.75) is 6.42 Å². The highest BCUT2D eigenvalue weighted by Crippen LogP contribution is 2.38. The van der Waals surface area contributed by atoms with E-state index in [-0.39, 0.29) is 19.0 Å². The molecule has 1 aliphatic rings. The second-order valence-corrected chi connectivity index (χ2v) is 5.62. The number of fused-ring (bicyclic) bond motifs is 1. The van der Waals surface area contributed by atoms with Gasteiger partial charge in [0, 0.05) is 6.42 Å². The molecule has 0 aliphatic carbocycles. The highest BCUT2D eigenvalue weighted by Gasteiger charge is 2.14. The summed E-state index contributed by atoms with van der Waals surface area (Å²) >= 11 is 0. The third-order valence-electron chi connectivity index (χ3n) is 3.96. The molecule has 0 saturated heterocycles. The first-order chi connectivity index (χ1) is 12.6. The van der Waals surface area contributed by atoms with Gasteiger partial charge < -0.3 is 23.7 Å². The first-order valence-electron chi connectivity index (χ1n) is 8.04. The lowest BCUT2D eigenvalue weighted by atomic mass is 10.1. The highest BCUT2D eigenvalue weighted by molar-refractivity contribution is 5.95. The Morgan fingerprint density at radius 2 is 1.69 bits per heavy atom. The Kier molecular flexibility index (Phi) is 5.31. The van der Waals surface area contributed by atoms with Crippen molar-refractivity contribution < 1.29 is 28.5 Å². The predicted octanol–water partition coefficient (Wildman–Crippen LogP) is 3.27. The fourth-order valence-corrected chi connectivity index (χ4v) is 2.70. The van der Waals surface area contributed by atoms with Crippen LogP contribution in [0.15, 0.2) is 36.4 Å². The Morgan fingerprint density at radius 1 is 1.00 bits per heavy atom. The first kappa shape index (κ1) is 17.7. The molecule has 6 nitrogen and oxygen atoms in total. The predicted molar refractivity (Wildman–Crippen MR) is 96.4 cm³/mol. The molecule has 0 unspecified atom stereocenters. The zero-order valence-electron chi connectivity index (χ0n) is 14.9. The summed E-state index contributed by atoms with van der Waals surface area (Å²) in [5.41, 5.74) is 1.65. The fraction of sp³-hybridized carbons (Fsp3) is 0.250. The van der Waals surface area contributed by atoms with Gasteiger partial charge in [0.15, 0.2) is 28.8 Å². The maximum absolute atomic E-state index is 12.3. The average molecular weight is 356 g/mol. The van der Waals surface area contributed by atoms with Crippen LogP contribution in [0.1, 0.15) is 11.1 Å². The molecule has 3 rings (SSSR count). The molecule has 26 heavy (non-hydrogen) atoms. The number of hydrogen-bond donors (Lipinski definition) is 0. The van der Waals surface area contributed by atoms with Crippen molar-refractivity contribution in [3.05, 3.63) is 47.5 Å². The summed E-state index contributed by atoms with van der Waals surface area (Å²) in [4.78, 5) is 12.3. The van der Waals surface area contributed by atoms with Crippen LogP contribution in [-0.4, -0.2) is 33.9 Å². The summed E-state index contributed by atoms with van der Waals surface area (Å²) < 4.78 is 26.5. The van der Waals surface area contributed by atoms with E-state index in [1.165, 1.54) is 6.08 Å². The zero-order valence-corrected chi connectivity index (χ0v) is 14.9. The van der Waals surface area contributed by atoms with Crippen LogP contribution in [0.4, 0.5) is 0 Å². The number of hydrogen-bond acceptors (Lipinski definition) is 6. The topological polar surface area (TPSA) is 63.2 Å². The molecule has 2 aromatic rings. The molecule has 0 bridgehead atoms. The maximum atomic E-state index is 12.3. The van der Waals surface area contributed by atoms with E-state index in [4.69, 9.17) is 23.7 Å². The molecule has 136 valence electrons. The Labute approximate surface area is 151 Å². The molecule has 0 aromatic heterocycles. The van der Waals surface area contributed by atoms with Gasteiger partial charge in [-0.2, -0.15) is 0 Å². The van der Waals surface area contributed by atoms with E-state index in [1.54, 1.807) is 39.5 Å². The first-order valence-corrected chi connectivity index (χ1v) is 8.04. The number of ketones is 1. The quantitative estimate of drug-likeness (QED) is 0.710. The van der Waals surface area contributed by atoms with Gasteiger partial charge in [-0.25, -0.2) is 0 Å². The fourth-order valence-electron chi connectivity index (χ4n) is 2.70. The van der Waals surface area contributed by atoms with Crippen molar-refractivity contribution >= 4 is 11.9 Å². The van der Waals surface area contributed by atoms with Crippen LogP contribution >= 0.6 is 0 Å². The van der Waals surface area contributed by atoms with Gasteiger partial charge in [-0.15, -0.1) is 0 Å². The second kappa shape index (κ2) is 7.82. The van der Waals surface area contributed by atoms with Crippen LogP contribution in [0.5, 0.6) is 28.7 Å². The largest absolute Gasteiger partial charge is 0.493 e. The van der Waals surface area contributed by atoms with E-state index in [0.29, 0.717) is 28.7 Å². The molecule has 0 radical (unpaired) electrons.